The van der Waals surface area contributed by atoms with Crippen LogP contribution in [0.2, 0.25) is 0 Å². The smallest absolute Gasteiger partial charge is 0.277 e. The Morgan fingerprint density at radius 1 is 1.55 bits per heavy atom. The number of rotatable bonds is 4. The third-order valence-corrected chi connectivity index (χ3v) is 3.88. The number of aromatic hydroxyl groups is 1. The van der Waals surface area contributed by atoms with E-state index in [4.69, 9.17) is 5.73 Å². The van der Waals surface area contributed by atoms with Crippen molar-refractivity contribution in [2.24, 2.45) is 5.73 Å². The minimum atomic E-state index is -0.193. The lowest BCUT2D eigenvalue weighted by molar-refractivity contribution is 0.0984. The number of nitrogens with zero attached hydrogens (tertiary/aromatic N) is 2. The number of phenolic OH excluding ortho intramolecular Hbond substituents is 1. The Labute approximate surface area is 121 Å². The Kier molecular flexibility index (Phi) is 4.36. The van der Waals surface area contributed by atoms with E-state index in [1.54, 1.807) is 34.5 Å². The molecule has 6 heteroatoms. The van der Waals surface area contributed by atoms with Gasteiger partial charge < -0.3 is 15.7 Å². The van der Waals surface area contributed by atoms with Crippen molar-refractivity contribution in [3.63, 3.8) is 0 Å². The van der Waals surface area contributed by atoms with Gasteiger partial charge in [-0.2, -0.15) is 0 Å². The van der Waals surface area contributed by atoms with Gasteiger partial charge in [0.05, 0.1) is 6.04 Å². The quantitative estimate of drug-likeness (QED) is 0.907. The fourth-order valence-electron chi connectivity index (χ4n) is 1.84. The highest BCUT2D eigenvalue weighted by atomic mass is 32.1. The molecule has 106 valence electrons. The molecule has 0 saturated carbocycles. The molecule has 0 fully saturated rings. The molecule has 5 nitrogen and oxygen atoms in total. The number of nitrogens with two attached hydrogens (primary N) is 1. The highest BCUT2D eigenvalue weighted by Crippen LogP contribution is 2.23. The predicted molar refractivity (Wildman–Crippen MR) is 80.2 cm³/mol. The van der Waals surface area contributed by atoms with Gasteiger partial charge in [-0.1, -0.05) is 6.07 Å². The molecule has 0 bridgehead atoms. The van der Waals surface area contributed by atoms with Gasteiger partial charge in [0.2, 0.25) is 0 Å². The van der Waals surface area contributed by atoms with Crippen molar-refractivity contribution in [2.75, 3.05) is 11.4 Å². The van der Waals surface area contributed by atoms with Gasteiger partial charge in [0, 0.05) is 23.7 Å². The largest absolute Gasteiger partial charge is 0.508 e. The monoisotopic (exact) mass is 291 g/mol. The Morgan fingerprint density at radius 2 is 2.30 bits per heavy atom. The molecule has 1 unspecified atom stereocenters. The SMILES string of the molecule is CCN(C(=O)c1csc(C(C)N)n1)c1cccc(O)c1. The second kappa shape index (κ2) is 6.02. The molecular weight excluding hydrogens is 274 g/mol. The summed E-state index contributed by atoms with van der Waals surface area (Å²) in [5.41, 5.74) is 6.78. The van der Waals surface area contributed by atoms with Crippen molar-refractivity contribution < 1.29 is 9.90 Å². The summed E-state index contributed by atoms with van der Waals surface area (Å²) in [6.07, 6.45) is 0. The van der Waals surface area contributed by atoms with E-state index in [1.807, 2.05) is 13.8 Å². The summed E-state index contributed by atoms with van der Waals surface area (Å²) in [7, 11) is 0. The van der Waals surface area contributed by atoms with E-state index in [1.165, 1.54) is 11.3 Å². The summed E-state index contributed by atoms with van der Waals surface area (Å²) in [6.45, 7) is 4.20. The van der Waals surface area contributed by atoms with E-state index in [9.17, 15) is 9.90 Å². The van der Waals surface area contributed by atoms with Gasteiger partial charge in [-0.25, -0.2) is 4.98 Å². The van der Waals surface area contributed by atoms with Crippen molar-refractivity contribution in [1.82, 2.24) is 4.98 Å². The molecule has 0 aliphatic heterocycles. The van der Waals surface area contributed by atoms with Crippen LogP contribution in [-0.2, 0) is 0 Å². The minimum Gasteiger partial charge on any atom is -0.508 e. The van der Waals surface area contributed by atoms with Crippen LogP contribution in [0, 0.1) is 0 Å². The van der Waals surface area contributed by atoms with E-state index in [-0.39, 0.29) is 17.7 Å². The number of aromatic nitrogens is 1. The molecule has 0 aliphatic carbocycles. The number of carbonyl (C=O) groups excluding carboxylic acids is 1. The first kappa shape index (κ1) is 14.5. The normalized spacial score (nSPS) is 12.2. The third kappa shape index (κ3) is 2.97. The summed E-state index contributed by atoms with van der Waals surface area (Å²) < 4.78 is 0. The van der Waals surface area contributed by atoms with Crippen LogP contribution < -0.4 is 10.6 Å². The third-order valence-electron chi connectivity index (χ3n) is 2.83. The Hall–Kier alpha value is -1.92. The molecule has 2 aromatic rings. The molecule has 1 amide bonds. The van der Waals surface area contributed by atoms with E-state index < -0.39 is 0 Å². The number of anilines is 1. The predicted octanol–water partition coefficient (Wildman–Crippen LogP) is 2.54. The van der Waals surface area contributed by atoms with Gasteiger partial charge in [-0.05, 0) is 26.0 Å². The van der Waals surface area contributed by atoms with Crippen LogP contribution in [0.5, 0.6) is 5.75 Å². The van der Waals surface area contributed by atoms with Gasteiger partial charge in [0.15, 0.2) is 0 Å². The second-order valence-corrected chi connectivity index (χ2v) is 5.32. The molecule has 1 aromatic carbocycles. The summed E-state index contributed by atoms with van der Waals surface area (Å²) in [6, 6.07) is 6.42. The lowest BCUT2D eigenvalue weighted by Gasteiger charge is -2.20. The number of hydrogen-bond donors (Lipinski definition) is 2. The van der Waals surface area contributed by atoms with Crippen LogP contribution in [0.3, 0.4) is 0 Å². The molecule has 3 N–H and O–H groups in total. The van der Waals surface area contributed by atoms with Gasteiger partial charge in [0.25, 0.3) is 5.91 Å². The van der Waals surface area contributed by atoms with Gasteiger partial charge in [0.1, 0.15) is 16.5 Å². The molecule has 1 aromatic heterocycles. The molecule has 0 saturated heterocycles. The number of hydrogen-bond acceptors (Lipinski definition) is 5. The van der Waals surface area contributed by atoms with Crippen LogP contribution in [0.15, 0.2) is 29.6 Å². The average Bonchev–Trinajstić information content (AvgIpc) is 2.89. The molecule has 0 aliphatic rings. The minimum absolute atomic E-state index is 0.128. The van der Waals surface area contributed by atoms with Crippen molar-refractivity contribution in [2.45, 2.75) is 19.9 Å². The lowest BCUT2D eigenvalue weighted by atomic mass is 10.2. The van der Waals surface area contributed by atoms with Crippen LogP contribution in [0.1, 0.15) is 35.4 Å². The fourth-order valence-corrected chi connectivity index (χ4v) is 2.59. The fraction of sp³-hybridized carbons (Fsp3) is 0.286. The maximum atomic E-state index is 12.5. The molecule has 20 heavy (non-hydrogen) atoms. The first-order valence-corrected chi connectivity index (χ1v) is 7.22. The second-order valence-electron chi connectivity index (χ2n) is 4.43. The summed E-state index contributed by atoms with van der Waals surface area (Å²) >= 11 is 1.38. The molecule has 0 radical (unpaired) electrons. The van der Waals surface area contributed by atoms with Crippen LogP contribution in [0.25, 0.3) is 0 Å². The molecule has 0 spiro atoms. The summed E-state index contributed by atoms with van der Waals surface area (Å²) in [5, 5.41) is 12.0. The van der Waals surface area contributed by atoms with Crippen molar-refractivity contribution >= 4 is 22.9 Å². The van der Waals surface area contributed by atoms with E-state index >= 15 is 0 Å². The van der Waals surface area contributed by atoms with Crippen LogP contribution >= 0.6 is 11.3 Å². The Bertz CT molecular complexity index is 610. The first-order valence-electron chi connectivity index (χ1n) is 6.34. The van der Waals surface area contributed by atoms with Crippen LogP contribution in [0.4, 0.5) is 5.69 Å². The maximum Gasteiger partial charge on any atom is 0.277 e. The Balaban J connectivity index is 2.29. The number of benzene rings is 1. The lowest BCUT2D eigenvalue weighted by Crippen LogP contribution is -2.30. The van der Waals surface area contributed by atoms with E-state index in [2.05, 4.69) is 4.98 Å². The number of carbonyl (C=O) groups is 1. The zero-order valence-electron chi connectivity index (χ0n) is 11.4. The van der Waals surface area contributed by atoms with Gasteiger partial charge in [-0.3, -0.25) is 4.79 Å². The van der Waals surface area contributed by atoms with Gasteiger partial charge in [-0.15, -0.1) is 11.3 Å². The average molecular weight is 291 g/mol. The number of phenols is 1. The van der Waals surface area contributed by atoms with Crippen molar-refractivity contribution in [1.29, 1.82) is 0 Å². The highest BCUT2D eigenvalue weighted by molar-refractivity contribution is 7.09. The number of thiazole rings is 1. The van der Waals surface area contributed by atoms with Crippen molar-refractivity contribution in [3.05, 3.63) is 40.3 Å². The topological polar surface area (TPSA) is 79.5 Å². The number of amides is 1. The Morgan fingerprint density at radius 3 is 2.85 bits per heavy atom. The first-order chi connectivity index (χ1) is 9.52. The van der Waals surface area contributed by atoms with Crippen LogP contribution in [-0.4, -0.2) is 22.5 Å². The molecule has 1 heterocycles. The maximum absolute atomic E-state index is 12.5. The van der Waals surface area contributed by atoms with Crippen molar-refractivity contribution in [3.8, 4) is 5.75 Å². The van der Waals surface area contributed by atoms with E-state index in [0.29, 0.717) is 17.9 Å². The van der Waals surface area contributed by atoms with E-state index in [0.717, 1.165) is 5.01 Å². The summed E-state index contributed by atoms with van der Waals surface area (Å²) in [5.74, 6) is -0.0652. The molecular formula is C14H17N3O2S. The standard InChI is InChI=1S/C14H17N3O2S/c1-3-17(10-5-4-6-11(18)7-10)14(19)12-8-20-13(16-12)9(2)15/h4-9,18H,3,15H2,1-2H3. The zero-order chi connectivity index (χ0) is 14.7. The summed E-state index contributed by atoms with van der Waals surface area (Å²) in [4.78, 5) is 18.3. The van der Waals surface area contributed by atoms with Gasteiger partial charge >= 0.3 is 0 Å². The molecule has 1 atom stereocenters. The zero-order valence-corrected chi connectivity index (χ0v) is 12.2. The molecule has 2 rings (SSSR count). The highest BCUT2D eigenvalue weighted by Gasteiger charge is 2.20.